The minimum atomic E-state index is -3.55. The molecule has 0 bridgehead atoms. The van der Waals surface area contributed by atoms with Gasteiger partial charge in [0.1, 0.15) is 6.61 Å². The number of hydrogen-bond acceptors (Lipinski definition) is 4. The summed E-state index contributed by atoms with van der Waals surface area (Å²) in [6, 6.07) is 6.36. The van der Waals surface area contributed by atoms with Crippen LogP contribution in [0.3, 0.4) is 0 Å². The van der Waals surface area contributed by atoms with Gasteiger partial charge in [-0.3, -0.25) is 4.90 Å². The smallest absolute Gasteiger partial charge is 0.414 e. The molecule has 1 amide bonds. The Balaban J connectivity index is 1.74. The van der Waals surface area contributed by atoms with Gasteiger partial charge in [0.15, 0.2) is 0 Å². The molecule has 132 valence electrons. The second kappa shape index (κ2) is 6.72. The van der Waals surface area contributed by atoms with E-state index in [1.807, 2.05) is 0 Å². The molecule has 24 heavy (non-hydrogen) atoms. The van der Waals surface area contributed by atoms with Gasteiger partial charge >= 0.3 is 6.09 Å². The summed E-state index contributed by atoms with van der Waals surface area (Å²) in [7, 11) is -3.55. The standard InChI is InChI=1S/C17H24N2O4S/c1-12-4-3-5-16(13(12)2)18-24(21,22)15-8-6-14(7-9-15)19-10-11-23-17(19)20/h6-9,12-13,16,18H,3-5,10-11H2,1-2H3/t12-,13-,16-/m1/s1. The van der Waals surface area contributed by atoms with Crippen LogP contribution in [-0.2, 0) is 14.8 Å². The lowest BCUT2D eigenvalue weighted by molar-refractivity contribution is 0.181. The first kappa shape index (κ1) is 17.2. The number of sulfonamides is 1. The van der Waals surface area contributed by atoms with Crippen molar-refractivity contribution in [3.05, 3.63) is 24.3 Å². The van der Waals surface area contributed by atoms with E-state index in [0.717, 1.165) is 19.3 Å². The number of cyclic esters (lactones) is 1. The van der Waals surface area contributed by atoms with Crippen LogP contribution in [-0.4, -0.2) is 33.7 Å². The summed E-state index contributed by atoms with van der Waals surface area (Å²) >= 11 is 0. The van der Waals surface area contributed by atoms with E-state index in [2.05, 4.69) is 18.6 Å². The monoisotopic (exact) mass is 352 g/mol. The molecule has 7 heteroatoms. The summed E-state index contributed by atoms with van der Waals surface area (Å²) < 4.78 is 33.0. The van der Waals surface area contributed by atoms with Gasteiger partial charge in [0.2, 0.25) is 10.0 Å². The topological polar surface area (TPSA) is 75.7 Å². The number of carbonyl (C=O) groups excluding carboxylic acids is 1. The SMILES string of the molecule is C[C@@H]1[C@H](C)CCC[C@H]1NS(=O)(=O)c1ccc(N2CCOC2=O)cc1. The summed E-state index contributed by atoms with van der Waals surface area (Å²) in [5.41, 5.74) is 0.649. The maximum Gasteiger partial charge on any atom is 0.414 e. The van der Waals surface area contributed by atoms with Crippen molar-refractivity contribution < 1.29 is 17.9 Å². The summed E-state index contributed by atoms with van der Waals surface area (Å²) in [5.74, 6) is 0.849. The summed E-state index contributed by atoms with van der Waals surface area (Å²) in [4.78, 5) is 13.3. The van der Waals surface area contributed by atoms with Gasteiger partial charge in [0.05, 0.1) is 11.4 Å². The van der Waals surface area contributed by atoms with E-state index >= 15 is 0 Å². The molecule has 1 aromatic rings. The van der Waals surface area contributed by atoms with Crippen LogP contribution in [0, 0.1) is 11.8 Å². The Labute approximate surface area is 143 Å². The first-order valence-electron chi connectivity index (χ1n) is 8.45. The molecule has 0 unspecified atom stereocenters. The number of anilines is 1. The Bertz CT molecular complexity index is 702. The molecule has 1 aliphatic heterocycles. The number of rotatable bonds is 4. The van der Waals surface area contributed by atoms with Crippen molar-refractivity contribution in [3.63, 3.8) is 0 Å². The number of nitrogens with one attached hydrogen (secondary N) is 1. The second-order valence-electron chi connectivity index (χ2n) is 6.75. The fourth-order valence-electron chi connectivity index (χ4n) is 3.45. The van der Waals surface area contributed by atoms with Gasteiger partial charge in [-0.2, -0.15) is 0 Å². The fourth-order valence-corrected chi connectivity index (χ4v) is 4.81. The maximum atomic E-state index is 12.6. The molecule has 2 aliphatic rings. The maximum absolute atomic E-state index is 12.6. The van der Waals surface area contributed by atoms with Crippen LogP contribution < -0.4 is 9.62 Å². The van der Waals surface area contributed by atoms with E-state index in [9.17, 15) is 13.2 Å². The minimum absolute atomic E-state index is 0.0213. The van der Waals surface area contributed by atoms with Crippen molar-refractivity contribution in [1.29, 1.82) is 0 Å². The van der Waals surface area contributed by atoms with Crippen LogP contribution in [0.2, 0.25) is 0 Å². The molecule has 1 heterocycles. The highest BCUT2D eigenvalue weighted by atomic mass is 32.2. The molecule has 1 saturated heterocycles. The first-order chi connectivity index (χ1) is 11.4. The molecular formula is C17H24N2O4S. The van der Waals surface area contributed by atoms with Crippen molar-refractivity contribution in [3.8, 4) is 0 Å². The largest absolute Gasteiger partial charge is 0.447 e. The van der Waals surface area contributed by atoms with Crippen molar-refractivity contribution in [2.24, 2.45) is 11.8 Å². The number of benzene rings is 1. The molecule has 0 spiro atoms. The van der Waals surface area contributed by atoms with E-state index in [0.29, 0.717) is 30.7 Å². The van der Waals surface area contributed by atoms with Crippen molar-refractivity contribution in [2.75, 3.05) is 18.1 Å². The predicted octanol–water partition coefficient (Wildman–Crippen LogP) is 2.75. The zero-order valence-corrected chi connectivity index (χ0v) is 14.9. The molecule has 2 fully saturated rings. The Morgan fingerprint density at radius 2 is 1.88 bits per heavy atom. The number of amides is 1. The van der Waals surface area contributed by atoms with Gasteiger partial charge in [0, 0.05) is 11.7 Å². The van der Waals surface area contributed by atoms with Gasteiger partial charge in [0.25, 0.3) is 0 Å². The first-order valence-corrected chi connectivity index (χ1v) is 9.93. The number of hydrogen-bond donors (Lipinski definition) is 1. The van der Waals surface area contributed by atoms with Crippen LogP contribution >= 0.6 is 0 Å². The third kappa shape index (κ3) is 3.42. The molecule has 3 rings (SSSR count). The van der Waals surface area contributed by atoms with Crippen molar-refractivity contribution >= 4 is 21.8 Å². The molecule has 1 saturated carbocycles. The predicted molar refractivity (Wildman–Crippen MR) is 91.4 cm³/mol. The number of ether oxygens (including phenoxy) is 1. The summed E-state index contributed by atoms with van der Waals surface area (Å²) in [5, 5.41) is 0. The molecule has 3 atom stereocenters. The van der Waals surface area contributed by atoms with E-state index < -0.39 is 16.1 Å². The molecule has 6 nitrogen and oxygen atoms in total. The Hall–Kier alpha value is -1.60. The highest BCUT2D eigenvalue weighted by molar-refractivity contribution is 7.89. The lowest BCUT2D eigenvalue weighted by Crippen LogP contribution is -2.43. The molecule has 1 aromatic carbocycles. The summed E-state index contributed by atoms with van der Waals surface area (Å²) in [6.45, 7) is 5.13. The van der Waals surface area contributed by atoms with Crippen LogP contribution in [0.15, 0.2) is 29.2 Å². The molecule has 1 aliphatic carbocycles. The Kier molecular flexibility index (Phi) is 4.83. The van der Waals surface area contributed by atoms with E-state index in [1.54, 1.807) is 24.3 Å². The lowest BCUT2D eigenvalue weighted by Gasteiger charge is -2.34. The van der Waals surface area contributed by atoms with Crippen LogP contribution in [0.4, 0.5) is 10.5 Å². The number of carbonyl (C=O) groups is 1. The Morgan fingerprint density at radius 3 is 2.50 bits per heavy atom. The van der Waals surface area contributed by atoms with E-state index in [1.165, 1.54) is 4.90 Å². The van der Waals surface area contributed by atoms with Gasteiger partial charge in [-0.15, -0.1) is 0 Å². The zero-order valence-electron chi connectivity index (χ0n) is 14.1. The lowest BCUT2D eigenvalue weighted by atomic mass is 9.78. The average Bonchev–Trinajstić information content (AvgIpc) is 2.98. The highest BCUT2D eigenvalue weighted by Gasteiger charge is 2.31. The highest BCUT2D eigenvalue weighted by Crippen LogP contribution is 2.30. The molecule has 0 radical (unpaired) electrons. The van der Waals surface area contributed by atoms with E-state index in [4.69, 9.17) is 4.74 Å². The van der Waals surface area contributed by atoms with Gasteiger partial charge in [-0.05, 0) is 42.5 Å². The van der Waals surface area contributed by atoms with Gasteiger partial charge in [-0.1, -0.05) is 26.7 Å². The zero-order chi connectivity index (χ0) is 17.3. The third-order valence-electron chi connectivity index (χ3n) is 5.23. The van der Waals surface area contributed by atoms with Gasteiger partial charge in [-0.25, -0.2) is 17.9 Å². The minimum Gasteiger partial charge on any atom is -0.447 e. The molecule has 1 N–H and O–H groups in total. The molecule has 0 aromatic heterocycles. The van der Waals surface area contributed by atoms with Crippen molar-refractivity contribution in [2.45, 2.75) is 44.0 Å². The van der Waals surface area contributed by atoms with Gasteiger partial charge < -0.3 is 4.74 Å². The Morgan fingerprint density at radius 1 is 1.17 bits per heavy atom. The average molecular weight is 352 g/mol. The van der Waals surface area contributed by atoms with E-state index in [-0.39, 0.29) is 10.9 Å². The molecular weight excluding hydrogens is 328 g/mol. The summed E-state index contributed by atoms with van der Waals surface area (Å²) in [6.07, 6.45) is 2.69. The third-order valence-corrected chi connectivity index (χ3v) is 6.74. The quantitative estimate of drug-likeness (QED) is 0.904. The second-order valence-corrected chi connectivity index (χ2v) is 8.47. The number of nitrogens with zero attached hydrogens (tertiary/aromatic N) is 1. The fraction of sp³-hybridized carbons (Fsp3) is 0.588. The van der Waals surface area contributed by atoms with Crippen molar-refractivity contribution in [1.82, 2.24) is 4.72 Å². The normalized spacial score (nSPS) is 28.0. The van der Waals surface area contributed by atoms with Crippen LogP contribution in [0.1, 0.15) is 33.1 Å². The van der Waals surface area contributed by atoms with Crippen LogP contribution in [0.5, 0.6) is 0 Å². The van der Waals surface area contributed by atoms with Crippen LogP contribution in [0.25, 0.3) is 0 Å².